The third-order valence-electron chi connectivity index (χ3n) is 4.03. The van der Waals surface area contributed by atoms with Crippen LogP contribution in [0.15, 0.2) is 72.8 Å². The van der Waals surface area contributed by atoms with E-state index in [0.717, 1.165) is 27.8 Å². The van der Waals surface area contributed by atoms with Gasteiger partial charge in [0.05, 0.1) is 0 Å². The third kappa shape index (κ3) is 3.65. The Morgan fingerprint density at radius 3 is 1.20 bits per heavy atom. The maximum absolute atomic E-state index is 9.59. The van der Waals surface area contributed by atoms with Crippen LogP contribution in [0.1, 0.15) is 16.7 Å². The van der Waals surface area contributed by atoms with Gasteiger partial charge in [-0.3, -0.25) is 0 Å². The van der Waals surface area contributed by atoms with E-state index in [-0.39, 0.29) is 17.2 Å². The lowest BCUT2D eigenvalue weighted by molar-refractivity contribution is 0.474. The summed E-state index contributed by atoms with van der Waals surface area (Å²) in [6, 6.07) is 20.7. The summed E-state index contributed by atoms with van der Waals surface area (Å²) in [7, 11) is 0. The zero-order chi connectivity index (χ0) is 17.8. The van der Waals surface area contributed by atoms with Gasteiger partial charge in [0.2, 0.25) is 0 Å². The fourth-order valence-electron chi connectivity index (χ4n) is 2.80. The molecule has 0 heterocycles. The number of nitrogens with two attached hydrogens (primary N) is 1. The Kier molecular flexibility index (Phi) is 4.73. The first-order valence-corrected chi connectivity index (χ1v) is 7.90. The van der Waals surface area contributed by atoms with Gasteiger partial charge in [-0.15, -0.1) is 0 Å². The molecule has 126 valence electrons. The lowest BCUT2D eigenvalue weighted by atomic mass is 9.89. The quantitative estimate of drug-likeness (QED) is 0.548. The predicted molar refractivity (Wildman–Crippen MR) is 99.3 cm³/mol. The molecule has 0 radical (unpaired) electrons. The van der Waals surface area contributed by atoms with Gasteiger partial charge in [-0.2, -0.15) is 0 Å². The van der Waals surface area contributed by atoms with E-state index < -0.39 is 0 Å². The fourth-order valence-corrected chi connectivity index (χ4v) is 2.80. The Hall–Kier alpha value is -3.24. The smallest absolute Gasteiger partial charge is 0.115 e. The van der Waals surface area contributed by atoms with E-state index in [9.17, 15) is 15.3 Å². The van der Waals surface area contributed by atoms with Crippen molar-refractivity contribution < 1.29 is 15.3 Å². The normalized spacial score (nSPS) is 10.4. The molecule has 0 aromatic heterocycles. The molecule has 0 bridgehead atoms. The summed E-state index contributed by atoms with van der Waals surface area (Å²) in [4.78, 5) is 0. The number of hydrogen-bond donors (Lipinski definition) is 4. The third-order valence-corrected chi connectivity index (χ3v) is 4.03. The second kappa shape index (κ2) is 7.11. The number of hydrogen-bond acceptors (Lipinski definition) is 4. The van der Waals surface area contributed by atoms with Gasteiger partial charge in [-0.25, -0.2) is 0 Å². The van der Waals surface area contributed by atoms with Gasteiger partial charge in [0.25, 0.3) is 0 Å². The minimum absolute atomic E-state index is 0.188. The zero-order valence-corrected chi connectivity index (χ0v) is 13.6. The molecule has 25 heavy (non-hydrogen) atoms. The molecule has 0 aliphatic heterocycles. The Morgan fingerprint density at radius 1 is 0.560 bits per heavy atom. The Morgan fingerprint density at radius 2 is 0.880 bits per heavy atom. The average molecular weight is 333 g/mol. The van der Waals surface area contributed by atoms with Crippen molar-refractivity contribution in [2.45, 2.75) is 0 Å². The zero-order valence-electron chi connectivity index (χ0n) is 13.6. The first kappa shape index (κ1) is 16.6. The highest BCUT2D eigenvalue weighted by molar-refractivity contribution is 5.99. The summed E-state index contributed by atoms with van der Waals surface area (Å²) in [5.74, 6) is 0.566. The first-order chi connectivity index (χ1) is 12.1. The maximum atomic E-state index is 9.59. The Labute approximate surface area is 146 Å². The second-order valence-corrected chi connectivity index (χ2v) is 5.70. The van der Waals surface area contributed by atoms with Crippen LogP contribution in [-0.2, 0) is 0 Å². The first-order valence-electron chi connectivity index (χ1n) is 7.90. The molecule has 0 atom stereocenters. The number of phenolic OH excluding ortho intramolecular Hbond substituents is 3. The van der Waals surface area contributed by atoms with Crippen LogP contribution in [0, 0.1) is 0 Å². The standard InChI is InChI=1S/C21H19NO3/c22-13-20(14-1-7-17(23)8-2-14)21(15-3-9-18(24)10-4-15)16-5-11-19(25)12-6-16/h1-12,23-25H,13,22H2. The molecule has 0 fully saturated rings. The van der Waals surface area contributed by atoms with Crippen LogP contribution in [0.3, 0.4) is 0 Å². The molecule has 3 aromatic rings. The number of phenols is 3. The number of aromatic hydroxyl groups is 3. The summed E-state index contributed by atoms with van der Waals surface area (Å²) in [5.41, 5.74) is 10.6. The van der Waals surface area contributed by atoms with Crippen molar-refractivity contribution in [3.05, 3.63) is 89.5 Å². The van der Waals surface area contributed by atoms with Crippen LogP contribution < -0.4 is 5.73 Å². The topological polar surface area (TPSA) is 86.7 Å². The molecule has 3 rings (SSSR count). The van der Waals surface area contributed by atoms with Gasteiger partial charge < -0.3 is 21.1 Å². The van der Waals surface area contributed by atoms with E-state index in [2.05, 4.69) is 0 Å². The molecule has 0 unspecified atom stereocenters. The molecular weight excluding hydrogens is 314 g/mol. The summed E-state index contributed by atoms with van der Waals surface area (Å²) in [5, 5.41) is 28.7. The minimum atomic E-state index is 0.188. The van der Waals surface area contributed by atoms with Crippen molar-refractivity contribution >= 4 is 11.1 Å². The van der Waals surface area contributed by atoms with Crippen molar-refractivity contribution in [3.8, 4) is 17.2 Å². The van der Waals surface area contributed by atoms with Crippen molar-refractivity contribution in [2.24, 2.45) is 5.73 Å². The highest BCUT2D eigenvalue weighted by Gasteiger charge is 2.13. The lowest BCUT2D eigenvalue weighted by Gasteiger charge is -2.16. The maximum Gasteiger partial charge on any atom is 0.115 e. The van der Waals surface area contributed by atoms with E-state index in [1.807, 2.05) is 36.4 Å². The molecule has 5 N–H and O–H groups in total. The average Bonchev–Trinajstić information content (AvgIpc) is 2.63. The predicted octanol–water partition coefficient (Wildman–Crippen LogP) is 3.72. The van der Waals surface area contributed by atoms with E-state index in [4.69, 9.17) is 5.73 Å². The summed E-state index contributed by atoms with van der Waals surface area (Å²) in [6.45, 7) is 0.294. The summed E-state index contributed by atoms with van der Waals surface area (Å²) >= 11 is 0. The highest BCUT2D eigenvalue weighted by atomic mass is 16.3. The monoisotopic (exact) mass is 333 g/mol. The van der Waals surface area contributed by atoms with E-state index in [1.54, 1.807) is 36.4 Å². The number of rotatable bonds is 4. The van der Waals surface area contributed by atoms with Crippen LogP contribution >= 0.6 is 0 Å². The molecule has 4 heteroatoms. The van der Waals surface area contributed by atoms with Gasteiger partial charge in [-0.05, 0) is 64.2 Å². The molecule has 0 aliphatic rings. The van der Waals surface area contributed by atoms with Crippen molar-refractivity contribution in [1.29, 1.82) is 0 Å². The van der Waals surface area contributed by atoms with Crippen molar-refractivity contribution in [2.75, 3.05) is 6.54 Å². The fraction of sp³-hybridized carbons (Fsp3) is 0.0476. The summed E-state index contributed by atoms with van der Waals surface area (Å²) < 4.78 is 0. The van der Waals surface area contributed by atoms with Crippen LogP contribution in [-0.4, -0.2) is 21.9 Å². The van der Waals surface area contributed by atoms with Gasteiger partial charge in [-0.1, -0.05) is 36.4 Å². The Bertz CT molecular complexity index is 832. The summed E-state index contributed by atoms with van der Waals surface area (Å²) in [6.07, 6.45) is 0. The van der Waals surface area contributed by atoms with Crippen molar-refractivity contribution in [3.63, 3.8) is 0 Å². The van der Waals surface area contributed by atoms with Crippen LogP contribution in [0.5, 0.6) is 17.2 Å². The van der Waals surface area contributed by atoms with E-state index in [1.165, 1.54) is 0 Å². The van der Waals surface area contributed by atoms with E-state index >= 15 is 0 Å². The molecule has 0 amide bonds. The van der Waals surface area contributed by atoms with Gasteiger partial charge in [0, 0.05) is 6.54 Å². The molecule has 0 aliphatic carbocycles. The van der Waals surface area contributed by atoms with Crippen LogP contribution in [0.2, 0.25) is 0 Å². The minimum Gasteiger partial charge on any atom is -0.508 e. The van der Waals surface area contributed by atoms with Crippen LogP contribution in [0.4, 0.5) is 0 Å². The molecule has 4 nitrogen and oxygen atoms in total. The highest BCUT2D eigenvalue weighted by Crippen LogP contribution is 2.33. The van der Waals surface area contributed by atoms with Gasteiger partial charge >= 0.3 is 0 Å². The lowest BCUT2D eigenvalue weighted by Crippen LogP contribution is -2.06. The van der Waals surface area contributed by atoms with Crippen LogP contribution in [0.25, 0.3) is 11.1 Å². The van der Waals surface area contributed by atoms with Gasteiger partial charge in [0.15, 0.2) is 0 Å². The second-order valence-electron chi connectivity index (χ2n) is 5.70. The largest absolute Gasteiger partial charge is 0.508 e. The molecule has 0 saturated heterocycles. The van der Waals surface area contributed by atoms with Crippen molar-refractivity contribution in [1.82, 2.24) is 0 Å². The Balaban J connectivity index is 2.25. The van der Waals surface area contributed by atoms with E-state index in [0.29, 0.717) is 6.54 Å². The molecule has 0 spiro atoms. The van der Waals surface area contributed by atoms with Gasteiger partial charge in [0.1, 0.15) is 17.2 Å². The molecule has 3 aromatic carbocycles. The molecule has 0 saturated carbocycles. The SMILES string of the molecule is NCC(=C(c1ccc(O)cc1)c1ccc(O)cc1)c1ccc(O)cc1. The number of benzene rings is 3. The molecular formula is C21H19NO3.